The predicted octanol–water partition coefficient (Wildman–Crippen LogP) is 5.42. The average molecular weight is 494 g/mol. The molecule has 6 aromatic heterocycles. The Balaban J connectivity index is 1.26. The van der Waals surface area contributed by atoms with Gasteiger partial charge in [0.25, 0.3) is 0 Å². The zero-order chi connectivity index (χ0) is 23.9. The molecule has 1 aliphatic heterocycles. The van der Waals surface area contributed by atoms with Crippen molar-refractivity contribution < 1.29 is 4.74 Å². The Morgan fingerprint density at radius 3 is 2.75 bits per heavy atom. The van der Waals surface area contributed by atoms with E-state index < -0.39 is 0 Å². The molecule has 1 aliphatic rings. The maximum atomic E-state index is 6.20. The van der Waals surface area contributed by atoms with Crippen LogP contribution in [-0.2, 0) is 0 Å². The molecule has 0 bridgehead atoms. The van der Waals surface area contributed by atoms with E-state index in [0.717, 1.165) is 81.8 Å². The van der Waals surface area contributed by atoms with Gasteiger partial charge in [-0.15, -0.1) is 11.3 Å². The molecule has 0 aromatic carbocycles. The summed E-state index contributed by atoms with van der Waals surface area (Å²) in [7, 11) is 0. The smallest absolute Gasteiger partial charge is 0.138 e. The van der Waals surface area contributed by atoms with Gasteiger partial charge in [0.05, 0.1) is 34.8 Å². The van der Waals surface area contributed by atoms with Crippen LogP contribution < -0.4 is 10.1 Å². The molecule has 1 fully saturated rings. The molecular weight excluding hydrogens is 470 g/mol. The third-order valence-electron chi connectivity index (χ3n) is 6.59. The fraction of sp³-hybridized carbons (Fsp3) is 0.185. The molecule has 0 radical (unpaired) electrons. The number of hydrogen-bond donors (Lipinski definition) is 3. The second kappa shape index (κ2) is 8.85. The van der Waals surface area contributed by atoms with Gasteiger partial charge in [0.1, 0.15) is 23.1 Å². The summed E-state index contributed by atoms with van der Waals surface area (Å²) in [6.07, 6.45) is 9.58. The van der Waals surface area contributed by atoms with Crippen molar-refractivity contribution in [3.63, 3.8) is 0 Å². The molecule has 0 saturated carbocycles. The SMILES string of the molecule is c1csc(-c2cncc3[nH]c(-c4n[nH]c5ccc(-c6cncc(OC7CCNCC7)c6)nc45)cc23)c1. The van der Waals surface area contributed by atoms with Crippen LogP contribution >= 0.6 is 11.3 Å². The number of fused-ring (bicyclic) bond motifs is 2. The summed E-state index contributed by atoms with van der Waals surface area (Å²) >= 11 is 1.70. The van der Waals surface area contributed by atoms with Gasteiger partial charge in [0.15, 0.2) is 0 Å². The summed E-state index contributed by atoms with van der Waals surface area (Å²) in [5, 5.41) is 14.3. The molecule has 6 aromatic rings. The van der Waals surface area contributed by atoms with Crippen molar-refractivity contribution in [3.05, 3.63) is 66.6 Å². The van der Waals surface area contributed by atoms with Gasteiger partial charge >= 0.3 is 0 Å². The number of hydrogen-bond acceptors (Lipinski definition) is 7. The number of rotatable bonds is 5. The van der Waals surface area contributed by atoms with E-state index in [1.54, 1.807) is 17.5 Å². The van der Waals surface area contributed by atoms with Crippen molar-refractivity contribution in [3.8, 4) is 38.8 Å². The number of ether oxygens (including phenoxy) is 1. The molecule has 0 aliphatic carbocycles. The van der Waals surface area contributed by atoms with Gasteiger partial charge in [0.2, 0.25) is 0 Å². The first-order valence-electron chi connectivity index (χ1n) is 12.0. The summed E-state index contributed by atoms with van der Waals surface area (Å²) in [5.41, 5.74) is 7.16. The zero-order valence-corrected chi connectivity index (χ0v) is 20.2. The first-order valence-corrected chi connectivity index (χ1v) is 12.9. The molecule has 3 N–H and O–H groups in total. The van der Waals surface area contributed by atoms with E-state index in [4.69, 9.17) is 9.72 Å². The Bertz CT molecular complexity index is 1660. The van der Waals surface area contributed by atoms with Crippen molar-refractivity contribution in [2.75, 3.05) is 13.1 Å². The highest BCUT2D eigenvalue weighted by Crippen LogP contribution is 2.35. The first-order chi connectivity index (χ1) is 17.8. The Morgan fingerprint density at radius 1 is 0.944 bits per heavy atom. The molecule has 0 unspecified atom stereocenters. The fourth-order valence-electron chi connectivity index (χ4n) is 4.78. The molecule has 0 amide bonds. The molecule has 8 nitrogen and oxygen atoms in total. The lowest BCUT2D eigenvalue weighted by molar-refractivity contribution is 0.162. The van der Waals surface area contributed by atoms with E-state index >= 15 is 0 Å². The van der Waals surface area contributed by atoms with Crippen LogP contribution in [0.3, 0.4) is 0 Å². The van der Waals surface area contributed by atoms with E-state index in [-0.39, 0.29) is 6.10 Å². The monoisotopic (exact) mass is 493 g/mol. The third-order valence-corrected chi connectivity index (χ3v) is 7.50. The number of H-pyrrole nitrogens is 2. The summed E-state index contributed by atoms with van der Waals surface area (Å²) in [5.74, 6) is 0.776. The van der Waals surface area contributed by atoms with Crippen molar-refractivity contribution in [1.29, 1.82) is 0 Å². The largest absolute Gasteiger partial charge is 0.489 e. The van der Waals surface area contributed by atoms with Crippen LogP contribution in [-0.4, -0.2) is 49.3 Å². The second-order valence-corrected chi connectivity index (χ2v) is 9.90. The molecular formula is C27H23N7OS. The average Bonchev–Trinajstić information content (AvgIpc) is 3.68. The van der Waals surface area contributed by atoms with Crippen molar-refractivity contribution in [1.82, 2.24) is 35.5 Å². The number of aromatic amines is 2. The molecule has 9 heteroatoms. The lowest BCUT2D eigenvalue weighted by Gasteiger charge is -2.23. The summed E-state index contributed by atoms with van der Waals surface area (Å²) < 4.78 is 6.20. The second-order valence-electron chi connectivity index (χ2n) is 8.95. The highest BCUT2D eigenvalue weighted by Gasteiger charge is 2.17. The highest BCUT2D eigenvalue weighted by molar-refractivity contribution is 7.13. The topological polar surface area (TPSA) is 104 Å². The van der Waals surface area contributed by atoms with Crippen LogP contribution in [0.2, 0.25) is 0 Å². The van der Waals surface area contributed by atoms with Gasteiger partial charge in [-0.05, 0) is 61.6 Å². The van der Waals surface area contributed by atoms with Gasteiger partial charge in [-0.1, -0.05) is 6.07 Å². The van der Waals surface area contributed by atoms with Crippen LogP contribution in [0.1, 0.15) is 12.8 Å². The Morgan fingerprint density at radius 2 is 1.86 bits per heavy atom. The lowest BCUT2D eigenvalue weighted by Crippen LogP contribution is -2.34. The molecule has 1 saturated heterocycles. The summed E-state index contributed by atoms with van der Waals surface area (Å²) in [6, 6.07) is 12.3. The third kappa shape index (κ3) is 3.82. The number of aromatic nitrogens is 6. The fourth-order valence-corrected chi connectivity index (χ4v) is 5.53. The maximum absolute atomic E-state index is 6.20. The quantitative estimate of drug-likeness (QED) is 0.296. The normalized spacial score (nSPS) is 14.6. The maximum Gasteiger partial charge on any atom is 0.138 e. The molecule has 178 valence electrons. The van der Waals surface area contributed by atoms with Crippen LogP contribution in [0.25, 0.3) is 55.0 Å². The van der Waals surface area contributed by atoms with Crippen molar-refractivity contribution >= 4 is 33.3 Å². The van der Waals surface area contributed by atoms with Crippen LogP contribution in [0.15, 0.2) is 66.6 Å². The molecule has 0 spiro atoms. The standard InChI is InChI=1S/C27H23N7OS/c1-2-25(36-9-1)20-14-30-15-24-19(20)11-23(31-24)27-26-22(33-34-27)4-3-21(32-26)16-10-18(13-29-12-16)35-17-5-7-28-8-6-17/h1-4,9-15,17,28,31H,5-8H2,(H,33,34). The Labute approximate surface area is 210 Å². The van der Waals surface area contributed by atoms with E-state index in [2.05, 4.69) is 54.0 Å². The van der Waals surface area contributed by atoms with Gasteiger partial charge < -0.3 is 15.0 Å². The minimum Gasteiger partial charge on any atom is -0.489 e. The zero-order valence-electron chi connectivity index (χ0n) is 19.4. The Hall–Kier alpha value is -4.08. The van der Waals surface area contributed by atoms with E-state index in [0.29, 0.717) is 0 Å². The number of thiophene rings is 1. The predicted molar refractivity (Wildman–Crippen MR) is 142 cm³/mol. The van der Waals surface area contributed by atoms with Crippen LogP contribution in [0, 0.1) is 0 Å². The highest BCUT2D eigenvalue weighted by atomic mass is 32.1. The van der Waals surface area contributed by atoms with Crippen LogP contribution in [0.5, 0.6) is 5.75 Å². The van der Waals surface area contributed by atoms with E-state index in [1.165, 1.54) is 4.88 Å². The summed E-state index contributed by atoms with van der Waals surface area (Å²) in [6.45, 7) is 1.97. The van der Waals surface area contributed by atoms with Crippen molar-refractivity contribution in [2.24, 2.45) is 0 Å². The van der Waals surface area contributed by atoms with Gasteiger partial charge in [-0.2, -0.15) is 5.10 Å². The number of pyridine rings is 3. The minimum atomic E-state index is 0.217. The number of piperidine rings is 1. The Kier molecular flexibility index (Phi) is 5.22. The number of nitrogens with one attached hydrogen (secondary N) is 3. The number of nitrogens with zero attached hydrogens (tertiary/aromatic N) is 4. The van der Waals surface area contributed by atoms with Gasteiger partial charge in [0, 0.05) is 33.8 Å². The van der Waals surface area contributed by atoms with Gasteiger partial charge in [-0.3, -0.25) is 15.1 Å². The van der Waals surface area contributed by atoms with Crippen LogP contribution in [0.4, 0.5) is 0 Å². The lowest BCUT2D eigenvalue weighted by atomic mass is 10.1. The van der Waals surface area contributed by atoms with Crippen molar-refractivity contribution in [2.45, 2.75) is 18.9 Å². The minimum absolute atomic E-state index is 0.217. The molecule has 0 atom stereocenters. The van der Waals surface area contributed by atoms with E-state index in [1.807, 2.05) is 36.8 Å². The molecule has 36 heavy (non-hydrogen) atoms. The molecule has 7 rings (SSSR count). The summed E-state index contributed by atoms with van der Waals surface area (Å²) in [4.78, 5) is 18.5. The van der Waals surface area contributed by atoms with Gasteiger partial charge in [-0.25, -0.2) is 4.98 Å². The molecule has 7 heterocycles. The first kappa shape index (κ1) is 21.2. The van der Waals surface area contributed by atoms with E-state index in [9.17, 15) is 0 Å².